The molecule has 17 heavy (non-hydrogen) atoms. The lowest BCUT2D eigenvalue weighted by Gasteiger charge is -2.21. The molecule has 5 N–H and O–H groups in total. The van der Waals surface area contributed by atoms with Gasteiger partial charge in [0, 0.05) is 20.1 Å². The Kier molecular flexibility index (Phi) is 4.33. The normalized spacial score (nSPS) is 11.5. The zero-order chi connectivity index (χ0) is 13.1. The van der Waals surface area contributed by atoms with Gasteiger partial charge in [-0.3, -0.25) is 0 Å². The van der Waals surface area contributed by atoms with Crippen LogP contribution in [-0.4, -0.2) is 35.6 Å². The summed E-state index contributed by atoms with van der Waals surface area (Å²) in [6.45, 7) is 1.49. The summed E-state index contributed by atoms with van der Waals surface area (Å²) in [6, 6.07) is 4.79. The summed E-state index contributed by atoms with van der Waals surface area (Å²) in [4.78, 5) is 1.84. The van der Waals surface area contributed by atoms with Crippen molar-refractivity contribution in [1.82, 2.24) is 5.32 Å². The third-order valence-corrected chi connectivity index (χ3v) is 3.43. The van der Waals surface area contributed by atoms with Crippen LogP contribution in [0.3, 0.4) is 0 Å². The number of hydrogen-bond donors (Lipinski definition) is 3. The molecule has 0 aliphatic heterocycles. The van der Waals surface area contributed by atoms with Gasteiger partial charge in [-0.15, -0.1) is 0 Å². The molecule has 7 heteroatoms. The lowest BCUT2D eigenvalue weighted by atomic mass is 10.2. The zero-order valence-electron chi connectivity index (χ0n) is 9.97. The van der Waals surface area contributed by atoms with Gasteiger partial charge in [-0.25, -0.2) is 13.6 Å². The number of para-hydroxylation sites is 1. The first kappa shape index (κ1) is 13.8. The van der Waals surface area contributed by atoms with Gasteiger partial charge >= 0.3 is 0 Å². The molecule has 96 valence electrons. The van der Waals surface area contributed by atoms with Crippen LogP contribution < -0.4 is 21.1 Å². The number of nitrogen functional groups attached to an aromatic ring is 1. The summed E-state index contributed by atoms with van der Waals surface area (Å²) in [5, 5.41) is 8.10. The van der Waals surface area contributed by atoms with Crippen molar-refractivity contribution in [3.8, 4) is 0 Å². The summed E-state index contributed by atoms with van der Waals surface area (Å²) in [5.41, 5.74) is 6.67. The van der Waals surface area contributed by atoms with Crippen molar-refractivity contribution in [1.29, 1.82) is 0 Å². The molecule has 0 spiro atoms. The van der Waals surface area contributed by atoms with Crippen LogP contribution in [0.4, 0.5) is 11.4 Å². The molecule has 0 saturated heterocycles. The van der Waals surface area contributed by atoms with Crippen LogP contribution in [0.15, 0.2) is 23.1 Å². The molecule has 1 aromatic rings. The van der Waals surface area contributed by atoms with E-state index < -0.39 is 10.0 Å². The predicted octanol–water partition coefficient (Wildman–Crippen LogP) is -0.428. The van der Waals surface area contributed by atoms with Crippen LogP contribution in [-0.2, 0) is 10.0 Å². The molecule has 0 fully saturated rings. The van der Waals surface area contributed by atoms with Crippen molar-refractivity contribution in [2.24, 2.45) is 5.14 Å². The Morgan fingerprint density at radius 3 is 2.59 bits per heavy atom. The van der Waals surface area contributed by atoms with E-state index in [-0.39, 0.29) is 10.6 Å². The summed E-state index contributed by atoms with van der Waals surface area (Å²) >= 11 is 0. The maximum atomic E-state index is 11.3. The monoisotopic (exact) mass is 258 g/mol. The second-order valence-corrected chi connectivity index (χ2v) is 5.29. The molecule has 0 amide bonds. The lowest BCUT2D eigenvalue weighted by molar-refractivity contribution is 0.598. The highest BCUT2D eigenvalue weighted by atomic mass is 32.2. The topological polar surface area (TPSA) is 101 Å². The van der Waals surface area contributed by atoms with E-state index in [1.807, 2.05) is 19.0 Å². The van der Waals surface area contributed by atoms with E-state index in [1.165, 1.54) is 6.07 Å². The van der Waals surface area contributed by atoms with Crippen LogP contribution in [0.2, 0.25) is 0 Å². The second-order valence-electron chi connectivity index (χ2n) is 3.76. The summed E-state index contributed by atoms with van der Waals surface area (Å²) in [6.07, 6.45) is 0. The minimum absolute atomic E-state index is 0.0358. The Labute approximate surface area is 102 Å². The number of likely N-dealkylation sites (N-methyl/N-ethyl adjacent to an activating group) is 2. The fourth-order valence-electron chi connectivity index (χ4n) is 1.51. The van der Waals surface area contributed by atoms with Gasteiger partial charge in [-0.2, -0.15) is 0 Å². The fraction of sp³-hybridized carbons (Fsp3) is 0.400. The van der Waals surface area contributed by atoms with Gasteiger partial charge < -0.3 is 16.0 Å². The van der Waals surface area contributed by atoms with Crippen LogP contribution in [0.25, 0.3) is 0 Å². The van der Waals surface area contributed by atoms with Crippen molar-refractivity contribution in [3.63, 3.8) is 0 Å². The van der Waals surface area contributed by atoms with Gasteiger partial charge in [0.25, 0.3) is 0 Å². The zero-order valence-corrected chi connectivity index (χ0v) is 10.8. The number of nitrogens with one attached hydrogen (secondary N) is 1. The number of primary sulfonamides is 1. The van der Waals surface area contributed by atoms with Crippen molar-refractivity contribution in [3.05, 3.63) is 18.2 Å². The lowest BCUT2D eigenvalue weighted by Crippen LogP contribution is -2.28. The number of benzene rings is 1. The van der Waals surface area contributed by atoms with Crippen LogP contribution >= 0.6 is 0 Å². The summed E-state index contributed by atoms with van der Waals surface area (Å²) in [5.74, 6) is 0. The molecule has 6 nitrogen and oxygen atoms in total. The second kappa shape index (κ2) is 5.35. The summed E-state index contributed by atoms with van der Waals surface area (Å²) in [7, 11) is -0.0889. The molecule has 1 aromatic carbocycles. The smallest absolute Gasteiger partial charge is 0.240 e. The Balaban J connectivity index is 3.11. The average molecular weight is 258 g/mol. The van der Waals surface area contributed by atoms with Gasteiger partial charge in [0.1, 0.15) is 4.90 Å². The molecule has 1 rings (SSSR count). The Morgan fingerprint density at radius 2 is 2.06 bits per heavy atom. The van der Waals surface area contributed by atoms with E-state index in [4.69, 9.17) is 10.9 Å². The average Bonchev–Trinajstić information content (AvgIpc) is 2.24. The molecule has 0 radical (unpaired) electrons. The van der Waals surface area contributed by atoms with E-state index in [0.717, 1.165) is 13.1 Å². The van der Waals surface area contributed by atoms with Crippen LogP contribution in [0, 0.1) is 0 Å². The first-order valence-electron chi connectivity index (χ1n) is 5.15. The van der Waals surface area contributed by atoms with Crippen molar-refractivity contribution in [2.75, 3.05) is 37.8 Å². The van der Waals surface area contributed by atoms with Crippen molar-refractivity contribution in [2.45, 2.75) is 4.90 Å². The van der Waals surface area contributed by atoms with Gasteiger partial charge in [0.2, 0.25) is 10.0 Å². The molecule has 0 aliphatic rings. The first-order valence-corrected chi connectivity index (χ1v) is 6.69. The third kappa shape index (κ3) is 3.32. The molecule has 0 aromatic heterocycles. The van der Waals surface area contributed by atoms with E-state index in [1.54, 1.807) is 12.1 Å². The number of sulfonamides is 1. The minimum Gasteiger partial charge on any atom is -0.396 e. The molecule has 0 saturated carbocycles. The van der Waals surface area contributed by atoms with Gasteiger partial charge in [0.05, 0.1) is 11.4 Å². The van der Waals surface area contributed by atoms with Crippen molar-refractivity contribution < 1.29 is 8.42 Å². The number of hydrogen-bond acceptors (Lipinski definition) is 5. The molecule has 0 heterocycles. The molecular formula is C10H18N4O2S. The highest BCUT2D eigenvalue weighted by molar-refractivity contribution is 7.89. The quantitative estimate of drug-likeness (QED) is 0.622. The van der Waals surface area contributed by atoms with Crippen molar-refractivity contribution >= 4 is 21.4 Å². The van der Waals surface area contributed by atoms with E-state index >= 15 is 0 Å². The van der Waals surface area contributed by atoms with Gasteiger partial charge in [-0.1, -0.05) is 6.07 Å². The van der Waals surface area contributed by atoms with Crippen LogP contribution in [0.1, 0.15) is 0 Å². The number of anilines is 2. The van der Waals surface area contributed by atoms with E-state index in [2.05, 4.69) is 5.32 Å². The first-order chi connectivity index (χ1) is 7.88. The highest BCUT2D eigenvalue weighted by Gasteiger charge is 2.16. The number of nitrogens with zero attached hydrogens (tertiary/aromatic N) is 1. The summed E-state index contributed by atoms with van der Waals surface area (Å²) < 4.78 is 22.6. The largest absolute Gasteiger partial charge is 0.396 e. The standard InChI is InChI=1S/C10H18N4O2S/c1-13-6-7-14(2)8-4-3-5-9(10(8)11)17(12,15)16/h3-5,13H,6-7,11H2,1-2H3,(H2,12,15,16). The molecular weight excluding hydrogens is 240 g/mol. The predicted molar refractivity (Wildman–Crippen MR) is 69.4 cm³/mol. The third-order valence-electron chi connectivity index (χ3n) is 2.46. The molecule has 0 atom stereocenters. The molecule has 0 aliphatic carbocycles. The molecule has 0 unspecified atom stereocenters. The Morgan fingerprint density at radius 1 is 1.41 bits per heavy atom. The highest BCUT2D eigenvalue weighted by Crippen LogP contribution is 2.27. The number of rotatable bonds is 5. The number of nitrogens with two attached hydrogens (primary N) is 2. The Hall–Kier alpha value is -1.31. The van der Waals surface area contributed by atoms with Crippen LogP contribution in [0.5, 0.6) is 0 Å². The maximum Gasteiger partial charge on any atom is 0.240 e. The van der Waals surface area contributed by atoms with Gasteiger partial charge in [-0.05, 0) is 19.2 Å². The molecule has 0 bridgehead atoms. The fourth-order valence-corrected chi connectivity index (χ4v) is 2.19. The van der Waals surface area contributed by atoms with E-state index in [9.17, 15) is 8.42 Å². The van der Waals surface area contributed by atoms with Gasteiger partial charge in [0.15, 0.2) is 0 Å². The minimum atomic E-state index is -3.78. The maximum absolute atomic E-state index is 11.3. The van der Waals surface area contributed by atoms with E-state index in [0.29, 0.717) is 5.69 Å². The Bertz CT molecular complexity index is 487. The SMILES string of the molecule is CNCCN(C)c1cccc(S(N)(=O)=O)c1N.